The molecule has 0 saturated carbocycles. The van der Waals surface area contributed by atoms with Crippen LogP contribution in [0.15, 0.2) is 40.9 Å². The zero-order valence-electron chi connectivity index (χ0n) is 18.7. The molecule has 1 atom stereocenters. The Hall–Kier alpha value is -2.39. The maximum atomic E-state index is 12.9. The van der Waals surface area contributed by atoms with Gasteiger partial charge in [-0.25, -0.2) is 0 Å². The van der Waals surface area contributed by atoms with Gasteiger partial charge < -0.3 is 19.9 Å². The van der Waals surface area contributed by atoms with E-state index in [0.717, 1.165) is 15.7 Å². The van der Waals surface area contributed by atoms with Crippen molar-refractivity contribution in [3.8, 4) is 5.75 Å². The summed E-state index contributed by atoms with van der Waals surface area (Å²) in [5.41, 5.74) is -0.980. The van der Waals surface area contributed by atoms with Crippen LogP contribution in [0.25, 0.3) is 0 Å². The number of halogens is 4. The quantitative estimate of drug-likeness (QED) is 0.469. The maximum absolute atomic E-state index is 12.9. The average Bonchev–Trinajstić information content (AvgIpc) is 3.07. The lowest BCUT2D eigenvalue weighted by Crippen LogP contribution is -2.41. The first-order valence-corrected chi connectivity index (χ1v) is 11.5. The fourth-order valence-corrected chi connectivity index (χ4v) is 4.74. The first-order valence-electron chi connectivity index (χ1n) is 10.3. The van der Waals surface area contributed by atoms with E-state index in [2.05, 4.69) is 44.7 Å². The summed E-state index contributed by atoms with van der Waals surface area (Å²) in [4.78, 5) is 29.0. The molecule has 1 aliphatic rings. The number of anilines is 2. The number of carbonyl (C=O) groups excluding carboxylic acids is 2. The Kier molecular flexibility index (Phi) is 7.53. The third kappa shape index (κ3) is 6.14. The Morgan fingerprint density at radius 2 is 1.91 bits per heavy atom. The van der Waals surface area contributed by atoms with Crippen molar-refractivity contribution in [3.63, 3.8) is 0 Å². The summed E-state index contributed by atoms with van der Waals surface area (Å²) >= 11 is 8.37. The van der Waals surface area contributed by atoms with Gasteiger partial charge in [-0.2, -0.15) is 0 Å². The van der Waals surface area contributed by atoms with Gasteiger partial charge in [-0.1, -0.05) is 0 Å². The zero-order chi connectivity index (χ0) is 24.5. The Morgan fingerprint density at radius 1 is 1.27 bits per heavy atom. The molecule has 6 nitrogen and oxygen atoms in total. The number of carbonyl (C=O) groups is 2. The molecule has 0 radical (unpaired) electrons. The minimum atomic E-state index is -3.81. The third-order valence-electron chi connectivity index (χ3n) is 5.32. The number of hydrogen-bond acceptors (Lipinski definition) is 4. The lowest BCUT2D eigenvalue weighted by molar-refractivity contribution is -0.129. The number of nitrogens with zero attached hydrogens (tertiary/aromatic N) is 2. The second kappa shape index (κ2) is 9.85. The molecule has 178 valence electrons. The maximum Gasteiger partial charge on any atom is 0.487 e. The predicted octanol–water partition coefficient (Wildman–Crippen LogP) is 5.49. The molecular weight excluding hydrogens is 520 g/mol. The Morgan fingerprint density at radius 3 is 2.45 bits per heavy atom. The van der Waals surface area contributed by atoms with E-state index in [1.807, 2.05) is 6.07 Å². The van der Waals surface area contributed by atoms with Gasteiger partial charge in [-0.3, -0.25) is 9.59 Å². The summed E-state index contributed by atoms with van der Waals surface area (Å²) in [6.45, 7) is 4.14. The number of ether oxygens (including phenoxy) is 1. The summed E-state index contributed by atoms with van der Waals surface area (Å²) in [5, 5.41) is 2.75. The summed E-state index contributed by atoms with van der Waals surface area (Å²) < 4.78 is 30.5. The van der Waals surface area contributed by atoms with Crippen LogP contribution in [0, 0.1) is 0 Å². The van der Waals surface area contributed by atoms with Crippen LogP contribution in [-0.2, 0) is 11.2 Å². The van der Waals surface area contributed by atoms with Gasteiger partial charge in [0, 0.05) is 59.9 Å². The topological polar surface area (TPSA) is 61.9 Å². The van der Waals surface area contributed by atoms with Gasteiger partial charge >= 0.3 is 5.57 Å². The molecule has 1 heterocycles. The smallest absolute Gasteiger partial charge is 0.420 e. The molecule has 2 aromatic rings. The predicted molar refractivity (Wildman–Crippen MR) is 128 cm³/mol. The van der Waals surface area contributed by atoms with E-state index in [0.29, 0.717) is 24.1 Å². The van der Waals surface area contributed by atoms with Crippen LogP contribution >= 0.6 is 27.5 Å². The molecule has 0 aromatic heterocycles. The largest absolute Gasteiger partial charge is 0.487 e. The molecule has 1 N–H and O–H groups in total. The van der Waals surface area contributed by atoms with Crippen molar-refractivity contribution in [1.82, 2.24) is 4.90 Å². The Balaban J connectivity index is 1.80. The molecule has 0 saturated heterocycles. The van der Waals surface area contributed by atoms with Crippen molar-refractivity contribution in [2.75, 3.05) is 24.3 Å². The summed E-state index contributed by atoms with van der Waals surface area (Å²) in [7, 11) is 3.48. The minimum absolute atomic E-state index is 0.00267. The van der Waals surface area contributed by atoms with E-state index in [4.69, 9.17) is 11.6 Å². The Bertz CT molecular complexity index is 1040. The normalized spacial score (nSPS) is 15.4. The average molecular weight is 545 g/mol. The summed E-state index contributed by atoms with van der Waals surface area (Å²) in [6, 6.07) is 9.21. The van der Waals surface area contributed by atoms with Gasteiger partial charge in [0.15, 0.2) is 0 Å². The highest BCUT2D eigenvalue weighted by Gasteiger charge is 2.35. The van der Waals surface area contributed by atoms with E-state index in [9.17, 15) is 18.4 Å². The first-order chi connectivity index (χ1) is 15.4. The molecule has 33 heavy (non-hydrogen) atoms. The summed E-state index contributed by atoms with van der Waals surface area (Å²) in [6.07, 6.45) is 1.02. The Labute approximate surface area is 205 Å². The van der Waals surface area contributed by atoms with Crippen molar-refractivity contribution in [3.05, 3.63) is 52.0 Å². The molecule has 0 spiro atoms. The van der Waals surface area contributed by atoms with E-state index in [1.165, 1.54) is 24.3 Å². The molecule has 10 heteroatoms. The van der Waals surface area contributed by atoms with Gasteiger partial charge in [-0.05, 0) is 78.2 Å². The first kappa shape index (κ1) is 25.2. The molecule has 3 rings (SSSR count). The van der Waals surface area contributed by atoms with E-state index in [1.54, 1.807) is 25.1 Å². The molecule has 0 fully saturated rings. The van der Waals surface area contributed by atoms with Crippen LogP contribution in [0.2, 0.25) is 0 Å². The van der Waals surface area contributed by atoms with Crippen LogP contribution in [0.1, 0.15) is 36.2 Å². The SMILES string of the molecule is CC(C)N1c2c(Br)cc(C(=O)Nc3ccc(OC(F)(F)Cl)cc3)cc2CC1CC(=O)N(C)C. The second-order valence-electron chi connectivity index (χ2n) is 8.34. The lowest BCUT2D eigenvalue weighted by Gasteiger charge is -2.32. The third-order valence-corrected chi connectivity index (χ3v) is 6.00. The van der Waals surface area contributed by atoms with Crippen LogP contribution in [0.3, 0.4) is 0 Å². The van der Waals surface area contributed by atoms with Gasteiger partial charge in [-0.15, -0.1) is 8.78 Å². The van der Waals surface area contributed by atoms with Gasteiger partial charge in [0.2, 0.25) is 5.91 Å². The van der Waals surface area contributed by atoms with Crippen LogP contribution in [0.5, 0.6) is 5.75 Å². The highest BCUT2D eigenvalue weighted by molar-refractivity contribution is 9.10. The standard InChI is InChI=1S/C23H25BrClF2N3O3/c1-13(2)30-17(12-20(31)29(3)4)10-14-9-15(11-19(24)21(14)30)22(32)28-16-5-7-18(8-6-16)33-23(25,26)27/h5-9,11,13,17H,10,12H2,1-4H3,(H,28,32). The highest BCUT2D eigenvalue weighted by Crippen LogP contribution is 2.42. The van der Waals surface area contributed by atoms with E-state index >= 15 is 0 Å². The zero-order valence-corrected chi connectivity index (χ0v) is 21.0. The van der Waals surface area contributed by atoms with Crippen LogP contribution < -0.4 is 15.0 Å². The molecule has 0 aliphatic carbocycles. The van der Waals surface area contributed by atoms with Crippen molar-refractivity contribution in [2.24, 2.45) is 0 Å². The molecule has 2 aromatic carbocycles. The fourth-order valence-electron chi connectivity index (χ4n) is 3.94. The molecular formula is C23H25BrClF2N3O3. The molecule has 1 unspecified atom stereocenters. The van der Waals surface area contributed by atoms with E-state index in [-0.39, 0.29) is 29.6 Å². The van der Waals surface area contributed by atoms with Gasteiger partial charge in [0.05, 0.1) is 5.69 Å². The number of nitrogens with one attached hydrogen (secondary N) is 1. The van der Waals surface area contributed by atoms with E-state index < -0.39 is 5.57 Å². The lowest BCUT2D eigenvalue weighted by atomic mass is 10.0. The number of alkyl halides is 3. The fraction of sp³-hybridized carbons (Fsp3) is 0.391. The molecule has 0 bridgehead atoms. The number of benzene rings is 2. The number of rotatable bonds is 7. The van der Waals surface area contributed by atoms with Crippen LogP contribution in [-0.4, -0.2) is 48.5 Å². The van der Waals surface area contributed by atoms with Crippen molar-refractivity contribution in [2.45, 2.75) is 44.3 Å². The molecule has 2 amide bonds. The highest BCUT2D eigenvalue weighted by atomic mass is 79.9. The van der Waals surface area contributed by atoms with Crippen molar-refractivity contribution in [1.29, 1.82) is 0 Å². The second-order valence-corrected chi connectivity index (χ2v) is 9.64. The van der Waals surface area contributed by atoms with Gasteiger partial charge in [0.1, 0.15) is 5.75 Å². The molecule has 1 aliphatic heterocycles. The number of amides is 2. The van der Waals surface area contributed by atoms with Crippen molar-refractivity contribution >= 4 is 50.7 Å². The van der Waals surface area contributed by atoms with Gasteiger partial charge in [0.25, 0.3) is 5.91 Å². The van der Waals surface area contributed by atoms with Crippen molar-refractivity contribution < 1.29 is 23.1 Å². The number of fused-ring (bicyclic) bond motifs is 1. The minimum Gasteiger partial charge on any atom is -0.420 e. The van der Waals surface area contributed by atoms with Crippen LogP contribution in [0.4, 0.5) is 20.2 Å². The number of hydrogen-bond donors (Lipinski definition) is 1. The monoisotopic (exact) mass is 543 g/mol. The summed E-state index contributed by atoms with van der Waals surface area (Å²) in [5.74, 6) is -0.425.